The quantitative estimate of drug-likeness (QED) is 0.610. The second-order valence-electron chi connectivity index (χ2n) is 6.91. The maximum atomic E-state index is 12.7. The van der Waals surface area contributed by atoms with Gasteiger partial charge in [0.25, 0.3) is 0 Å². The van der Waals surface area contributed by atoms with Gasteiger partial charge in [-0.3, -0.25) is 9.59 Å². The van der Waals surface area contributed by atoms with Crippen molar-refractivity contribution < 1.29 is 14.3 Å². The van der Waals surface area contributed by atoms with Crippen LogP contribution in [0.2, 0.25) is 0 Å². The Hall–Kier alpha value is -1.88. The lowest BCUT2D eigenvalue weighted by Crippen LogP contribution is -2.38. The standard InChI is InChI=1S/C20H32N2O3/c1-16-7-9-18(10-8-16)11-12-19(23)22(14-6-13-21(3)4)15-17(2)20(24)25-5/h7-10,17H,6,11-15H2,1-5H3. The van der Waals surface area contributed by atoms with Crippen LogP contribution >= 0.6 is 0 Å². The molecule has 0 N–H and O–H groups in total. The van der Waals surface area contributed by atoms with Crippen molar-refractivity contribution in [2.75, 3.05) is 40.8 Å². The van der Waals surface area contributed by atoms with Crippen molar-refractivity contribution in [1.82, 2.24) is 9.80 Å². The molecule has 0 saturated heterocycles. The number of esters is 1. The fourth-order valence-corrected chi connectivity index (χ4v) is 2.67. The minimum absolute atomic E-state index is 0.0927. The van der Waals surface area contributed by atoms with E-state index in [2.05, 4.69) is 36.1 Å². The number of benzene rings is 1. The third-order valence-electron chi connectivity index (χ3n) is 4.23. The van der Waals surface area contributed by atoms with E-state index < -0.39 is 0 Å². The minimum atomic E-state index is -0.312. The molecule has 140 valence electrons. The summed E-state index contributed by atoms with van der Waals surface area (Å²) in [4.78, 5) is 28.3. The summed E-state index contributed by atoms with van der Waals surface area (Å²) in [6.07, 6.45) is 2.06. The SMILES string of the molecule is COC(=O)C(C)CN(CCCN(C)C)C(=O)CCc1ccc(C)cc1. The lowest BCUT2D eigenvalue weighted by atomic mass is 10.1. The van der Waals surface area contributed by atoms with Crippen LogP contribution in [0.15, 0.2) is 24.3 Å². The Kier molecular flexibility index (Phi) is 9.21. The molecule has 0 aliphatic rings. The summed E-state index contributed by atoms with van der Waals surface area (Å²) < 4.78 is 4.79. The molecule has 0 aliphatic heterocycles. The van der Waals surface area contributed by atoms with E-state index in [1.165, 1.54) is 12.7 Å². The second-order valence-corrected chi connectivity index (χ2v) is 6.91. The Morgan fingerprint density at radius 3 is 2.32 bits per heavy atom. The number of amides is 1. The molecule has 0 saturated carbocycles. The normalized spacial score (nSPS) is 12.1. The fraction of sp³-hybridized carbons (Fsp3) is 0.600. The maximum absolute atomic E-state index is 12.7. The van der Waals surface area contributed by atoms with Crippen LogP contribution in [-0.2, 0) is 20.7 Å². The molecule has 0 aromatic heterocycles. The minimum Gasteiger partial charge on any atom is -0.469 e. The molecular weight excluding hydrogens is 316 g/mol. The van der Waals surface area contributed by atoms with E-state index >= 15 is 0 Å². The predicted molar refractivity (Wildman–Crippen MR) is 100 cm³/mol. The van der Waals surface area contributed by atoms with Crippen molar-refractivity contribution in [1.29, 1.82) is 0 Å². The number of carbonyl (C=O) groups excluding carboxylic acids is 2. The number of hydrogen-bond donors (Lipinski definition) is 0. The molecule has 1 unspecified atom stereocenters. The third-order valence-corrected chi connectivity index (χ3v) is 4.23. The Balaban J connectivity index is 2.62. The zero-order chi connectivity index (χ0) is 18.8. The van der Waals surface area contributed by atoms with Gasteiger partial charge in [0, 0.05) is 19.5 Å². The van der Waals surface area contributed by atoms with Gasteiger partial charge in [0.15, 0.2) is 0 Å². The van der Waals surface area contributed by atoms with E-state index in [1.807, 2.05) is 14.1 Å². The molecule has 1 aromatic rings. The van der Waals surface area contributed by atoms with Gasteiger partial charge >= 0.3 is 5.97 Å². The summed E-state index contributed by atoms with van der Waals surface area (Å²) in [6.45, 7) is 5.83. The first-order chi connectivity index (χ1) is 11.8. The average molecular weight is 348 g/mol. The van der Waals surface area contributed by atoms with Crippen LogP contribution in [0.3, 0.4) is 0 Å². The van der Waals surface area contributed by atoms with E-state index in [0.29, 0.717) is 19.5 Å². The van der Waals surface area contributed by atoms with Crippen LogP contribution in [0.5, 0.6) is 0 Å². The molecule has 1 amide bonds. The molecule has 1 atom stereocenters. The fourth-order valence-electron chi connectivity index (χ4n) is 2.67. The average Bonchev–Trinajstić information content (AvgIpc) is 2.58. The third kappa shape index (κ3) is 8.16. The lowest BCUT2D eigenvalue weighted by molar-refractivity contribution is -0.146. The van der Waals surface area contributed by atoms with Crippen molar-refractivity contribution >= 4 is 11.9 Å². The molecule has 5 heteroatoms. The van der Waals surface area contributed by atoms with Crippen molar-refractivity contribution in [2.24, 2.45) is 5.92 Å². The zero-order valence-corrected chi connectivity index (χ0v) is 16.2. The van der Waals surface area contributed by atoms with E-state index in [1.54, 1.807) is 11.8 Å². The van der Waals surface area contributed by atoms with Gasteiger partial charge in [0.1, 0.15) is 0 Å². The van der Waals surface area contributed by atoms with E-state index in [4.69, 9.17) is 4.74 Å². The number of nitrogens with zero attached hydrogens (tertiary/aromatic N) is 2. The maximum Gasteiger partial charge on any atom is 0.310 e. The van der Waals surface area contributed by atoms with Gasteiger partial charge in [-0.15, -0.1) is 0 Å². The summed E-state index contributed by atoms with van der Waals surface area (Å²) in [5.74, 6) is -0.494. The van der Waals surface area contributed by atoms with E-state index in [9.17, 15) is 9.59 Å². The number of aryl methyl sites for hydroxylation is 2. The van der Waals surface area contributed by atoms with Crippen molar-refractivity contribution in [3.8, 4) is 0 Å². The Morgan fingerprint density at radius 2 is 1.76 bits per heavy atom. The highest BCUT2D eigenvalue weighted by Crippen LogP contribution is 2.10. The lowest BCUT2D eigenvalue weighted by Gasteiger charge is -2.26. The van der Waals surface area contributed by atoms with Gasteiger partial charge in [0.2, 0.25) is 5.91 Å². The van der Waals surface area contributed by atoms with Crippen LogP contribution in [0, 0.1) is 12.8 Å². The van der Waals surface area contributed by atoms with Gasteiger partial charge in [-0.2, -0.15) is 0 Å². The molecule has 25 heavy (non-hydrogen) atoms. The molecule has 0 aliphatic carbocycles. The van der Waals surface area contributed by atoms with Gasteiger partial charge in [-0.1, -0.05) is 36.8 Å². The highest BCUT2D eigenvalue weighted by Gasteiger charge is 2.21. The summed E-state index contributed by atoms with van der Waals surface area (Å²) >= 11 is 0. The summed E-state index contributed by atoms with van der Waals surface area (Å²) in [5, 5.41) is 0. The van der Waals surface area contributed by atoms with Crippen LogP contribution in [0.1, 0.15) is 30.9 Å². The first kappa shape index (κ1) is 21.2. The van der Waals surface area contributed by atoms with E-state index in [0.717, 1.165) is 24.9 Å². The predicted octanol–water partition coefficient (Wildman–Crippen LogP) is 2.52. The molecule has 0 radical (unpaired) electrons. The summed E-state index contributed by atoms with van der Waals surface area (Å²) in [5.41, 5.74) is 2.38. The second kappa shape index (κ2) is 10.9. The smallest absolute Gasteiger partial charge is 0.310 e. The van der Waals surface area contributed by atoms with Gasteiger partial charge in [0.05, 0.1) is 13.0 Å². The van der Waals surface area contributed by atoms with Crippen LogP contribution in [0.4, 0.5) is 0 Å². The molecule has 0 heterocycles. The largest absolute Gasteiger partial charge is 0.469 e. The number of carbonyl (C=O) groups is 2. The zero-order valence-electron chi connectivity index (χ0n) is 16.2. The van der Waals surface area contributed by atoms with Gasteiger partial charge < -0.3 is 14.5 Å². The number of ether oxygens (including phenoxy) is 1. The molecule has 5 nitrogen and oxygen atoms in total. The Labute approximate surface area is 151 Å². The van der Waals surface area contributed by atoms with Crippen LogP contribution in [-0.4, -0.2) is 62.5 Å². The van der Waals surface area contributed by atoms with Crippen molar-refractivity contribution in [3.63, 3.8) is 0 Å². The first-order valence-electron chi connectivity index (χ1n) is 8.89. The van der Waals surface area contributed by atoms with Crippen molar-refractivity contribution in [3.05, 3.63) is 35.4 Å². The number of methoxy groups -OCH3 is 1. The number of hydrogen-bond acceptors (Lipinski definition) is 4. The first-order valence-corrected chi connectivity index (χ1v) is 8.89. The Morgan fingerprint density at radius 1 is 1.12 bits per heavy atom. The van der Waals surface area contributed by atoms with Crippen LogP contribution < -0.4 is 0 Å². The molecule has 0 fully saturated rings. The molecular formula is C20H32N2O3. The molecule has 0 spiro atoms. The highest BCUT2D eigenvalue weighted by atomic mass is 16.5. The molecule has 1 aromatic carbocycles. The monoisotopic (exact) mass is 348 g/mol. The molecule has 1 rings (SSSR count). The number of rotatable bonds is 10. The summed E-state index contributed by atoms with van der Waals surface area (Å²) in [6, 6.07) is 8.26. The molecule has 0 bridgehead atoms. The van der Waals surface area contributed by atoms with E-state index in [-0.39, 0.29) is 17.8 Å². The topological polar surface area (TPSA) is 49.9 Å². The van der Waals surface area contributed by atoms with Crippen LogP contribution in [0.25, 0.3) is 0 Å². The van der Waals surface area contributed by atoms with Gasteiger partial charge in [-0.25, -0.2) is 0 Å². The van der Waals surface area contributed by atoms with Crippen molar-refractivity contribution in [2.45, 2.75) is 33.1 Å². The Bertz CT molecular complexity index is 540. The summed E-state index contributed by atoms with van der Waals surface area (Å²) in [7, 11) is 5.41. The van der Waals surface area contributed by atoms with Gasteiger partial charge in [-0.05, 0) is 46.0 Å². The highest BCUT2D eigenvalue weighted by molar-refractivity contribution is 5.78.